The number of nitrogens with zero attached hydrogens (tertiary/aromatic N) is 2. The van der Waals surface area contributed by atoms with Crippen molar-refractivity contribution in [2.24, 2.45) is 10.8 Å². The molecule has 0 bridgehead atoms. The topological polar surface area (TPSA) is 9.86 Å². The van der Waals surface area contributed by atoms with Crippen LogP contribution in [0.4, 0.5) is 0 Å². The maximum absolute atomic E-state index is 2.45. The molecule has 48 heavy (non-hydrogen) atoms. The molecule has 0 amide bonds. The summed E-state index contributed by atoms with van der Waals surface area (Å²) >= 11 is 0. The third kappa shape index (κ3) is 5.30. The zero-order valence-electron chi connectivity index (χ0n) is 29.0. The van der Waals surface area contributed by atoms with Crippen molar-refractivity contribution in [1.29, 1.82) is 0 Å². The molecule has 2 nitrogen and oxygen atoms in total. The Morgan fingerprint density at radius 2 is 0.771 bits per heavy atom. The molecule has 2 aromatic heterocycles. The summed E-state index contributed by atoms with van der Waals surface area (Å²) in [7, 11) is 0. The molecule has 6 aromatic carbocycles. The first-order valence-electron chi connectivity index (χ1n) is 17.3. The van der Waals surface area contributed by atoms with E-state index in [4.69, 9.17) is 0 Å². The summed E-state index contributed by atoms with van der Waals surface area (Å²) in [5, 5.41) is 5.37. The summed E-state index contributed by atoms with van der Waals surface area (Å²) < 4.78 is 4.90. The lowest BCUT2D eigenvalue weighted by atomic mass is 9.86. The lowest BCUT2D eigenvalue weighted by Crippen LogP contribution is -2.09. The van der Waals surface area contributed by atoms with Gasteiger partial charge in [-0.1, -0.05) is 126 Å². The number of fused-ring (bicyclic) bond motifs is 6. The summed E-state index contributed by atoms with van der Waals surface area (Å²) in [6.45, 7) is 14.0. The SMILES string of the molecule is CC(C)(C)Cc1cccc2c1c1ccccc1n2-c1cccc(-c2cccc(-n3c4ccccc4c4c(CC(C)(C)C)cccc43)c2)c1. The van der Waals surface area contributed by atoms with E-state index in [1.54, 1.807) is 0 Å². The molecule has 0 aliphatic rings. The van der Waals surface area contributed by atoms with Gasteiger partial charge in [0.15, 0.2) is 0 Å². The van der Waals surface area contributed by atoms with Crippen molar-refractivity contribution in [3.8, 4) is 22.5 Å². The van der Waals surface area contributed by atoms with Crippen molar-refractivity contribution in [1.82, 2.24) is 9.13 Å². The molecule has 2 heteroatoms. The van der Waals surface area contributed by atoms with E-state index in [0.717, 1.165) is 12.8 Å². The van der Waals surface area contributed by atoms with E-state index in [-0.39, 0.29) is 10.8 Å². The Kier molecular flexibility index (Phi) is 7.11. The molecule has 0 fully saturated rings. The van der Waals surface area contributed by atoms with Gasteiger partial charge < -0.3 is 9.13 Å². The second-order valence-electron chi connectivity index (χ2n) is 15.9. The van der Waals surface area contributed by atoms with Crippen molar-refractivity contribution in [2.45, 2.75) is 54.4 Å². The molecule has 8 rings (SSSR count). The quantitative estimate of drug-likeness (QED) is 0.180. The van der Waals surface area contributed by atoms with Gasteiger partial charge in [-0.2, -0.15) is 0 Å². The predicted octanol–water partition coefficient (Wildman–Crippen LogP) is 12.7. The van der Waals surface area contributed by atoms with Crippen molar-refractivity contribution in [3.63, 3.8) is 0 Å². The van der Waals surface area contributed by atoms with Crippen molar-refractivity contribution in [2.75, 3.05) is 0 Å². The average Bonchev–Trinajstić information content (AvgIpc) is 3.58. The van der Waals surface area contributed by atoms with Crippen molar-refractivity contribution >= 4 is 43.6 Å². The first kappa shape index (κ1) is 30.3. The largest absolute Gasteiger partial charge is 0.309 e. The molecule has 0 aliphatic carbocycles. The zero-order chi connectivity index (χ0) is 33.2. The van der Waals surface area contributed by atoms with E-state index in [1.165, 1.54) is 77.2 Å². The van der Waals surface area contributed by atoms with Gasteiger partial charge in [0.05, 0.1) is 22.1 Å². The highest BCUT2D eigenvalue weighted by molar-refractivity contribution is 6.12. The van der Waals surface area contributed by atoms with Gasteiger partial charge in [-0.3, -0.25) is 0 Å². The molecular formula is C46H44N2. The summed E-state index contributed by atoms with van der Waals surface area (Å²) in [5.74, 6) is 0. The van der Waals surface area contributed by atoms with E-state index < -0.39 is 0 Å². The Morgan fingerprint density at radius 1 is 0.396 bits per heavy atom. The maximum Gasteiger partial charge on any atom is 0.0543 e. The van der Waals surface area contributed by atoms with Gasteiger partial charge >= 0.3 is 0 Å². The van der Waals surface area contributed by atoms with E-state index in [2.05, 4.69) is 184 Å². The van der Waals surface area contributed by atoms with Crippen LogP contribution >= 0.6 is 0 Å². The number of hydrogen-bond acceptors (Lipinski definition) is 0. The third-order valence-corrected chi connectivity index (χ3v) is 9.55. The van der Waals surface area contributed by atoms with Crippen LogP contribution < -0.4 is 0 Å². The molecule has 0 unspecified atom stereocenters. The smallest absolute Gasteiger partial charge is 0.0543 e. The first-order chi connectivity index (χ1) is 23.1. The Morgan fingerprint density at radius 3 is 1.19 bits per heavy atom. The zero-order valence-corrected chi connectivity index (χ0v) is 29.0. The van der Waals surface area contributed by atoms with Gasteiger partial charge in [-0.25, -0.2) is 0 Å². The molecular weight excluding hydrogens is 581 g/mol. The molecule has 0 N–H and O–H groups in total. The minimum Gasteiger partial charge on any atom is -0.309 e. The van der Waals surface area contributed by atoms with Gasteiger partial charge in [0, 0.05) is 32.9 Å². The predicted molar refractivity (Wildman–Crippen MR) is 207 cm³/mol. The molecule has 0 saturated heterocycles. The lowest BCUT2D eigenvalue weighted by Gasteiger charge is -2.19. The second kappa shape index (κ2) is 11.3. The highest BCUT2D eigenvalue weighted by Crippen LogP contribution is 2.39. The molecule has 0 saturated carbocycles. The fraction of sp³-hybridized carbons (Fsp3) is 0.217. The Labute approximate surface area is 284 Å². The number of aromatic nitrogens is 2. The number of rotatable bonds is 5. The monoisotopic (exact) mass is 624 g/mol. The summed E-state index contributed by atoms with van der Waals surface area (Å²) in [5.41, 5.74) is 13.0. The number of benzene rings is 6. The Hall–Kier alpha value is -5.08. The fourth-order valence-electron chi connectivity index (χ4n) is 7.83. The Balaban J connectivity index is 1.28. The lowest BCUT2D eigenvalue weighted by molar-refractivity contribution is 0.412. The van der Waals surface area contributed by atoms with Crippen LogP contribution in [-0.2, 0) is 12.8 Å². The van der Waals surface area contributed by atoms with E-state index >= 15 is 0 Å². The van der Waals surface area contributed by atoms with Crippen LogP contribution in [-0.4, -0.2) is 9.13 Å². The summed E-state index contributed by atoms with van der Waals surface area (Å²) in [6.07, 6.45) is 2.07. The molecule has 0 radical (unpaired) electrons. The second-order valence-corrected chi connectivity index (χ2v) is 15.9. The van der Waals surface area contributed by atoms with Crippen LogP contribution in [0.25, 0.3) is 66.1 Å². The summed E-state index contributed by atoms with van der Waals surface area (Å²) in [4.78, 5) is 0. The van der Waals surface area contributed by atoms with Gasteiger partial charge in [0.2, 0.25) is 0 Å². The van der Waals surface area contributed by atoms with Gasteiger partial charge in [0.25, 0.3) is 0 Å². The average molecular weight is 625 g/mol. The van der Waals surface area contributed by atoms with Crippen LogP contribution in [0.2, 0.25) is 0 Å². The molecule has 0 spiro atoms. The maximum atomic E-state index is 2.45. The van der Waals surface area contributed by atoms with Crippen LogP contribution in [0.1, 0.15) is 52.7 Å². The highest BCUT2D eigenvalue weighted by Gasteiger charge is 2.21. The molecule has 8 aromatic rings. The van der Waals surface area contributed by atoms with E-state index in [9.17, 15) is 0 Å². The number of hydrogen-bond donors (Lipinski definition) is 0. The standard InChI is InChI=1S/C46H44N2/c1-45(2,3)29-33-17-13-25-41-43(33)37-21-7-9-23-39(37)47(41)35-19-11-15-31(27-35)32-16-12-20-36(28-32)48-40-24-10-8-22-38(40)44-34(30-46(4,5)6)18-14-26-42(44)48/h7-28H,29-30H2,1-6H3. The molecule has 0 aliphatic heterocycles. The van der Waals surface area contributed by atoms with Crippen LogP contribution in [0.15, 0.2) is 133 Å². The van der Waals surface area contributed by atoms with E-state index in [0.29, 0.717) is 0 Å². The van der Waals surface area contributed by atoms with Crippen molar-refractivity contribution < 1.29 is 0 Å². The highest BCUT2D eigenvalue weighted by atomic mass is 15.0. The number of para-hydroxylation sites is 2. The molecule has 0 atom stereocenters. The van der Waals surface area contributed by atoms with E-state index in [1.807, 2.05) is 0 Å². The minimum absolute atomic E-state index is 0.201. The normalized spacial score (nSPS) is 12.5. The van der Waals surface area contributed by atoms with Gasteiger partial charge in [-0.05, 0) is 94.5 Å². The van der Waals surface area contributed by atoms with Crippen LogP contribution in [0.5, 0.6) is 0 Å². The third-order valence-electron chi connectivity index (χ3n) is 9.55. The van der Waals surface area contributed by atoms with Gasteiger partial charge in [0.1, 0.15) is 0 Å². The van der Waals surface area contributed by atoms with Crippen molar-refractivity contribution in [3.05, 3.63) is 145 Å². The molecule has 238 valence electrons. The summed E-state index contributed by atoms with van der Waals surface area (Å²) in [6, 6.07) is 49.5. The first-order valence-corrected chi connectivity index (χ1v) is 17.3. The van der Waals surface area contributed by atoms with Crippen LogP contribution in [0.3, 0.4) is 0 Å². The van der Waals surface area contributed by atoms with Crippen LogP contribution in [0, 0.1) is 10.8 Å². The minimum atomic E-state index is 0.201. The van der Waals surface area contributed by atoms with Gasteiger partial charge in [-0.15, -0.1) is 0 Å². The molecule has 2 heterocycles. The fourth-order valence-corrected chi connectivity index (χ4v) is 7.83. The Bertz CT molecular complexity index is 2300.